The van der Waals surface area contributed by atoms with Gasteiger partial charge in [0.05, 0.1) is 24.0 Å². The minimum atomic E-state index is -0.282. The number of hydrazone groups is 1. The summed E-state index contributed by atoms with van der Waals surface area (Å²) in [4.78, 5) is 14.1. The van der Waals surface area contributed by atoms with Crippen LogP contribution < -0.4 is 9.47 Å². The molecular formula is C24H26N2O3S. The summed E-state index contributed by atoms with van der Waals surface area (Å²) in [5, 5.41) is 7.40. The number of nitrogens with zero attached hydrogens (tertiary/aromatic N) is 2. The number of likely N-dealkylation sites (N-methyl/N-ethyl adjacent to an activating group) is 1. The summed E-state index contributed by atoms with van der Waals surface area (Å²) in [6, 6.07) is 14.4. The van der Waals surface area contributed by atoms with Crippen molar-refractivity contribution in [1.82, 2.24) is 5.01 Å². The summed E-state index contributed by atoms with van der Waals surface area (Å²) in [5.74, 6) is 1.06. The van der Waals surface area contributed by atoms with Crippen LogP contribution in [0.1, 0.15) is 49.1 Å². The molecule has 1 aromatic heterocycles. The average molecular weight is 423 g/mol. The highest BCUT2D eigenvalue weighted by atomic mass is 32.1. The van der Waals surface area contributed by atoms with Crippen LogP contribution in [0.2, 0.25) is 0 Å². The standard InChI is InChI=1S/C24H26N2O3S/c1-5-16-17-13-19(28-6-2)20(29-7-3)14-18(17)23(25-26(4)24(16)27)22-12-15-10-8-9-11-21(15)30-22/h8-14,16H,5-7H2,1-4H3. The number of rotatable bonds is 6. The van der Waals surface area contributed by atoms with Crippen molar-refractivity contribution < 1.29 is 14.3 Å². The Labute approximate surface area is 180 Å². The number of hydrogen-bond acceptors (Lipinski definition) is 5. The molecule has 0 bridgehead atoms. The van der Waals surface area contributed by atoms with E-state index < -0.39 is 0 Å². The predicted molar refractivity (Wildman–Crippen MR) is 122 cm³/mol. The maximum absolute atomic E-state index is 13.1. The third-order valence-electron chi connectivity index (χ3n) is 5.28. The Hall–Kier alpha value is -2.86. The highest BCUT2D eigenvalue weighted by Crippen LogP contribution is 2.40. The maximum Gasteiger partial charge on any atom is 0.249 e. The van der Waals surface area contributed by atoms with Gasteiger partial charge >= 0.3 is 0 Å². The van der Waals surface area contributed by atoms with Crippen LogP contribution in [0, 0.1) is 0 Å². The van der Waals surface area contributed by atoms with E-state index in [1.807, 2.05) is 45.0 Å². The second kappa shape index (κ2) is 8.48. The molecule has 1 aliphatic heterocycles. The number of amides is 1. The maximum atomic E-state index is 13.1. The lowest BCUT2D eigenvalue weighted by molar-refractivity contribution is -0.131. The van der Waals surface area contributed by atoms with Gasteiger partial charge in [-0.25, -0.2) is 5.01 Å². The van der Waals surface area contributed by atoms with Crippen molar-refractivity contribution in [3.05, 3.63) is 58.5 Å². The van der Waals surface area contributed by atoms with E-state index in [0.29, 0.717) is 31.1 Å². The third kappa shape index (κ3) is 3.56. The fourth-order valence-electron chi connectivity index (χ4n) is 3.89. The smallest absolute Gasteiger partial charge is 0.249 e. The van der Waals surface area contributed by atoms with Crippen molar-refractivity contribution in [2.45, 2.75) is 33.1 Å². The summed E-state index contributed by atoms with van der Waals surface area (Å²) in [7, 11) is 1.73. The van der Waals surface area contributed by atoms with Gasteiger partial charge in [0.2, 0.25) is 5.91 Å². The second-order valence-electron chi connectivity index (χ2n) is 7.17. The van der Waals surface area contributed by atoms with Crippen molar-refractivity contribution in [3.8, 4) is 11.5 Å². The molecule has 2 aromatic carbocycles. The van der Waals surface area contributed by atoms with E-state index in [1.165, 1.54) is 15.1 Å². The molecule has 1 amide bonds. The van der Waals surface area contributed by atoms with Crippen molar-refractivity contribution in [1.29, 1.82) is 0 Å². The van der Waals surface area contributed by atoms with Gasteiger partial charge in [-0.3, -0.25) is 4.79 Å². The molecule has 0 radical (unpaired) electrons. The normalized spacial score (nSPS) is 16.3. The summed E-state index contributed by atoms with van der Waals surface area (Å²) >= 11 is 1.68. The van der Waals surface area contributed by atoms with Crippen LogP contribution in [-0.2, 0) is 4.79 Å². The molecule has 0 aliphatic carbocycles. The average Bonchev–Trinajstić information content (AvgIpc) is 3.14. The zero-order valence-electron chi connectivity index (χ0n) is 17.8. The first-order valence-corrected chi connectivity index (χ1v) is 11.2. The molecule has 156 valence electrons. The van der Waals surface area contributed by atoms with Crippen LogP contribution in [0.15, 0.2) is 47.6 Å². The highest BCUT2D eigenvalue weighted by Gasteiger charge is 2.32. The lowest BCUT2D eigenvalue weighted by atomic mass is 9.89. The second-order valence-corrected chi connectivity index (χ2v) is 8.26. The lowest BCUT2D eigenvalue weighted by Gasteiger charge is -2.20. The van der Waals surface area contributed by atoms with E-state index in [2.05, 4.69) is 18.2 Å². The Bertz CT molecular complexity index is 1090. The molecular weight excluding hydrogens is 396 g/mol. The number of ether oxygens (including phenoxy) is 2. The molecule has 4 rings (SSSR count). The Balaban J connectivity index is 1.97. The number of carbonyl (C=O) groups is 1. The predicted octanol–water partition coefficient (Wildman–Crippen LogP) is 5.42. The first-order chi connectivity index (χ1) is 14.6. The molecule has 1 atom stereocenters. The number of fused-ring (bicyclic) bond motifs is 2. The zero-order valence-corrected chi connectivity index (χ0v) is 18.6. The lowest BCUT2D eigenvalue weighted by Crippen LogP contribution is -2.26. The molecule has 2 heterocycles. The van der Waals surface area contributed by atoms with Gasteiger partial charge in [-0.15, -0.1) is 11.3 Å². The van der Waals surface area contributed by atoms with Gasteiger partial charge in [0.25, 0.3) is 0 Å². The van der Waals surface area contributed by atoms with Crippen molar-refractivity contribution >= 4 is 33.0 Å². The molecule has 0 spiro atoms. The number of thiophene rings is 1. The van der Waals surface area contributed by atoms with Crippen LogP contribution in [0.3, 0.4) is 0 Å². The van der Waals surface area contributed by atoms with E-state index in [4.69, 9.17) is 14.6 Å². The van der Waals surface area contributed by atoms with Gasteiger partial charge in [-0.2, -0.15) is 5.10 Å². The van der Waals surface area contributed by atoms with E-state index in [1.54, 1.807) is 18.4 Å². The Kier molecular flexibility index (Phi) is 5.77. The third-order valence-corrected chi connectivity index (χ3v) is 6.40. The van der Waals surface area contributed by atoms with Gasteiger partial charge in [-0.05, 0) is 55.5 Å². The first kappa shape index (κ1) is 20.4. The SMILES string of the molecule is CCOc1cc2c(cc1OCC)C(CC)C(=O)N(C)N=C2c1cc2ccccc2s1. The topological polar surface area (TPSA) is 51.1 Å². The van der Waals surface area contributed by atoms with Gasteiger partial charge in [0.15, 0.2) is 11.5 Å². The quantitative estimate of drug-likeness (QED) is 0.533. The van der Waals surface area contributed by atoms with Crippen LogP contribution in [0.4, 0.5) is 0 Å². The van der Waals surface area contributed by atoms with E-state index in [0.717, 1.165) is 21.7 Å². The van der Waals surface area contributed by atoms with Crippen LogP contribution in [0.25, 0.3) is 10.1 Å². The summed E-state index contributed by atoms with van der Waals surface area (Å²) < 4.78 is 12.9. The molecule has 5 nitrogen and oxygen atoms in total. The molecule has 0 saturated heterocycles. The molecule has 0 N–H and O–H groups in total. The number of benzene rings is 2. The molecule has 6 heteroatoms. The summed E-state index contributed by atoms with van der Waals surface area (Å²) in [5.41, 5.74) is 2.66. The fourth-order valence-corrected chi connectivity index (χ4v) is 4.95. The van der Waals surface area contributed by atoms with Crippen molar-refractivity contribution in [3.63, 3.8) is 0 Å². The summed E-state index contributed by atoms with van der Waals surface area (Å²) in [6.45, 7) is 6.99. The monoisotopic (exact) mass is 422 g/mol. The van der Waals surface area contributed by atoms with Crippen LogP contribution in [-0.4, -0.2) is 36.9 Å². The number of hydrogen-bond donors (Lipinski definition) is 0. The van der Waals surface area contributed by atoms with Crippen molar-refractivity contribution in [2.24, 2.45) is 5.10 Å². The highest BCUT2D eigenvalue weighted by molar-refractivity contribution is 7.21. The van der Waals surface area contributed by atoms with Crippen LogP contribution >= 0.6 is 11.3 Å². The molecule has 1 unspecified atom stereocenters. The molecule has 3 aromatic rings. The Morgan fingerprint density at radius 2 is 1.73 bits per heavy atom. The number of carbonyl (C=O) groups excluding carboxylic acids is 1. The fraction of sp³-hybridized carbons (Fsp3) is 0.333. The molecule has 0 fully saturated rings. The van der Waals surface area contributed by atoms with Crippen molar-refractivity contribution in [2.75, 3.05) is 20.3 Å². The minimum Gasteiger partial charge on any atom is -0.490 e. The summed E-state index contributed by atoms with van der Waals surface area (Å²) in [6.07, 6.45) is 0.685. The minimum absolute atomic E-state index is 0.0125. The van der Waals surface area contributed by atoms with Gasteiger partial charge in [-0.1, -0.05) is 25.1 Å². The largest absolute Gasteiger partial charge is 0.490 e. The van der Waals surface area contributed by atoms with Gasteiger partial charge in [0.1, 0.15) is 5.71 Å². The zero-order chi connectivity index (χ0) is 21.3. The Morgan fingerprint density at radius 1 is 1.03 bits per heavy atom. The van der Waals surface area contributed by atoms with Crippen LogP contribution in [0.5, 0.6) is 11.5 Å². The van der Waals surface area contributed by atoms with E-state index in [9.17, 15) is 4.79 Å². The Morgan fingerprint density at radius 3 is 2.40 bits per heavy atom. The molecule has 30 heavy (non-hydrogen) atoms. The molecule has 0 saturated carbocycles. The molecule has 1 aliphatic rings. The first-order valence-electron chi connectivity index (χ1n) is 10.4. The van der Waals surface area contributed by atoms with E-state index in [-0.39, 0.29) is 11.8 Å². The van der Waals surface area contributed by atoms with Gasteiger partial charge < -0.3 is 9.47 Å². The van der Waals surface area contributed by atoms with Gasteiger partial charge in [0, 0.05) is 17.3 Å². The van der Waals surface area contributed by atoms with E-state index >= 15 is 0 Å².